The van der Waals surface area contributed by atoms with Gasteiger partial charge in [0.1, 0.15) is 0 Å². The molecule has 0 saturated carbocycles. The molecule has 1 atom stereocenters. The Morgan fingerprint density at radius 3 is 2.65 bits per heavy atom. The molecule has 7 heteroatoms. The van der Waals surface area contributed by atoms with Crippen molar-refractivity contribution in [1.82, 2.24) is 14.1 Å². The summed E-state index contributed by atoms with van der Waals surface area (Å²) in [5, 5.41) is 0. The predicted octanol–water partition coefficient (Wildman–Crippen LogP) is 0.597. The molecular formula is C16H31N3O3S. The van der Waals surface area contributed by atoms with Gasteiger partial charge in [-0.15, -0.1) is 0 Å². The van der Waals surface area contributed by atoms with E-state index in [1.165, 1.54) is 31.9 Å². The minimum absolute atomic E-state index is 0.0144. The highest BCUT2D eigenvalue weighted by molar-refractivity contribution is 7.88. The van der Waals surface area contributed by atoms with Crippen molar-refractivity contribution < 1.29 is 13.2 Å². The van der Waals surface area contributed by atoms with Crippen molar-refractivity contribution in [3.8, 4) is 0 Å². The van der Waals surface area contributed by atoms with Crippen molar-refractivity contribution >= 4 is 10.0 Å². The molecule has 0 aliphatic carbocycles. The lowest BCUT2D eigenvalue weighted by Gasteiger charge is -2.63. The van der Waals surface area contributed by atoms with Crippen LogP contribution in [-0.4, -0.2) is 92.8 Å². The summed E-state index contributed by atoms with van der Waals surface area (Å²) in [6.45, 7) is 8.98. The third-order valence-electron chi connectivity index (χ3n) is 5.55. The van der Waals surface area contributed by atoms with E-state index in [2.05, 4.69) is 16.7 Å². The van der Waals surface area contributed by atoms with Crippen LogP contribution in [0.4, 0.5) is 0 Å². The van der Waals surface area contributed by atoms with E-state index in [0.29, 0.717) is 19.7 Å². The number of piperazine rings is 1. The lowest BCUT2D eigenvalue weighted by Crippen LogP contribution is -2.80. The molecule has 3 heterocycles. The van der Waals surface area contributed by atoms with Crippen LogP contribution in [0.5, 0.6) is 0 Å². The van der Waals surface area contributed by atoms with Gasteiger partial charge in [0, 0.05) is 38.8 Å². The van der Waals surface area contributed by atoms with Crippen LogP contribution in [0.3, 0.4) is 0 Å². The van der Waals surface area contributed by atoms with Crippen molar-refractivity contribution in [3.63, 3.8) is 0 Å². The van der Waals surface area contributed by atoms with Gasteiger partial charge >= 0.3 is 0 Å². The van der Waals surface area contributed by atoms with E-state index in [1.807, 2.05) is 0 Å². The van der Waals surface area contributed by atoms with Gasteiger partial charge in [-0.2, -0.15) is 4.31 Å². The molecule has 6 nitrogen and oxygen atoms in total. The van der Waals surface area contributed by atoms with Gasteiger partial charge in [0.15, 0.2) is 0 Å². The zero-order valence-corrected chi connectivity index (χ0v) is 15.4. The molecule has 0 amide bonds. The molecule has 134 valence electrons. The molecule has 0 bridgehead atoms. The van der Waals surface area contributed by atoms with Gasteiger partial charge < -0.3 is 4.74 Å². The summed E-state index contributed by atoms with van der Waals surface area (Å²) in [6.07, 6.45) is 6.47. The zero-order chi connectivity index (χ0) is 16.5. The Kier molecular flexibility index (Phi) is 5.33. The first-order chi connectivity index (χ1) is 10.9. The maximum Gasteiger partial charge on any atom is 0.211 e. The molecule has 0 aromatic carbocycles. The lowest BCUT2D eigenvalue weighted by atomic mass is 9.83. The summed E-state index contributed by atoms with van der Waals surface area (Å²) < 4.78 is 31.4. The molecule has 1 spiro atoms. The van der Waals surface area contributed by atoms with Gasteiger partial charge in [-0.1, -0.05) is 26.2 Å². The average Bonchev–Trinajstić information content (AvgIpc) is 2.48. The van der Waals surface area contributed by atoms with Crippen molar-refractivity contribution in [1.29, 1.82) is 0 Å². The number of sulfonamides is 1. The van der Waals surface area contributed by atoms with Gasteiger partial charge in [-0.3, -0.25) is 9.80 Å². The van der Waals surface area contributed by atoms with Crippen LogP contribution < -0.4 is 0 Å². The molecule has 3 fully saturated rings. The fourth-order valence-corrected chi connectivity index (χ4v) is 5.31. The number of morpholine rings is 1. The maximum absolute atomic E-state index is 12.1. The van der Waals surface area contributed by atoms with Crippen molar-refractivity contribution in [2.45, 2.75) is 44.2 Å². The summed E-state index contributed by atoms with van der Waals surface area (Å²) in [5.41, 5.74) is 0.0144. The van der Waals surface area contributed by atoms with Gasteiger partial charge in [-0.05, 0) is 13.0 Å². The van der Waals surface area contributed by atoms with Crippen molar-refractivity contribution in [2.75, 3.05) is 58.7 Å². The number of ether oxygens (including phenoxy) is 1. The van der Waals surface area contributed by atoms with Gasteiger partial charge in [-0.25, -0.2) is 8.42 Å². The molecule has 0 aromatic rings. The van der Waals surface area contributed by atoms with Crippen molar-refractivity contribution in [3.05, 3.63) is 0 Å². The Bertz CT molecular complexity index is 505. The summed E-state index contributed by atoms with van der Waals surface area (Å²) in [6, 6.07) is 0.217. The van der Waals surface area contributed by atoms with Crippen LogP contribution in [0.25, 0.3) is 0 Å². The molecule has 3 aliphatic heterocycles. The van der Waals surface area contributed by atoms with Crippen LogP contribution >= 0.6 is 0 Å². The number of fused-ring (bicyclic) bond motifs is 2. The Morgan fingerprint density at radius 2 is 1.96 bits per heavy atom. The predicted molar refractivity (Wildman–Crippen MR) is 91.0 cm³/mol. The second-order valence-corrected chi connectivity index (χ2v) is 9.46. The zero-order valence-electron chi connectivity index (χ0n) is 14.5. The summed E-state index contributed by atoms with van der Waals surface area (Å²) in [7, 11) is -3.13. The normalized spacial score (nSPS) is 29.4. The van der Waals surface area contributed by atoms with E-state index < -0.39 is 10.0 Å². The number of hydrogen-bond donors (Lipinski definition) is 0. The second-order valence-electron chi connectivity index (χ2n) is 7.47. The minimum atomic E-state index is -3.13. The number of rotatable bonds is 6. The Hall–Kier alpha value is -0.210. The fourth-order valence-electron chi connectivity index (χ4n) is 4.39. The molecular weight excluding hydrogens is 314 g/mol. The first kappa shape index (κ1) is 17.6. The molecule has 0 N–H and O–H groups in total. The highest BCUT2D eigenvalue weighted by Gasteiger charge is 2.55. The minimum Gasteiger partial charge on any atom is -0.378 e. The smallest absolute Gasteiger partial charge is 0.211 e. The standard InChI is InChI=1S/C16H31N3O3S/c1-3-4-5-6-7-17-12-16(13-17)14-18(23(2,20)21)10-15-11-22-9-8-19(15)16/h15H,3-14H2,1-2H3/t15-/m1/s1. The molecule has 3 aliphatic rings. The third kappa shape index (κ3) is 3.74. The maximum atomic E-state index is 12.1. The molecule has 23 heavy (non-hydrogen) atoms. The molecule has 3 rings (SSSR count). The van der Waals surface area contributed by atoms with Crippen LogP contribution in [0.15, 0.2) is 0 Å². The molecule has 0 radical (unpaired) electrons. The van der Waals surface area contributed by atoms with Crippen LogP contribution in [0.2, 0.25) is 0 Å². The Morgan fingerprint density at radius 1 is 1.17 bits per heavy atom. The average molecular weight is 346 g/mol. The van der Waals surface area contributed by atoms with E-state index in [1.54, 1.807) is 4.31 Å². The van der Waals surface area contributed by atoms with Gasteiger partial charge in [0.05, 0.1) is 25.0 Å². The lowest BCUT2D eigenvalue weighted by molar-refractivity contribution is -0.152. The topological polar surface area (TPSA) is 53.1 Å². The molecule has 0 unspecified atom stereocenters. The number of likely N-dealkylation sites (tertiary alicyclic amines) is 1. The SMILES string of the molecule is CCCCCCN1CC2(C1)CN(S(C)(=O)=O)C[C@@H]1COCCN12. The van der Waals surface area contributed by atoms with Crippen LogP contribution in [0, 0.1) is 0 Å². The van der Waals surface area contributed by atoms with E-state index in [4.69, 9.17) is 4.74 Å². The van der Waals surface area contributed by atoms with E-state index in [0.717, 1.165) is 32.8 Å². The Balaban J connectivity index is 1.62. The third-order valence-corrected chi connectivity index (χ3v) is 6.77. The van der Waals surface area contributed by atoms with Gasteiger partial charge in [0.2, 0.25) is 10.0 Å². The van der Waals surface area contributed by atoms with E-state index in [9.17, 15) is 8.42 Å². The number of nitrogens with zero attached hydrogens (tertiary/aromatic N) is 3. The first-order valence-electron chi connectivity index (χ1n) is 8.96. The molecule has 0 aromatic heterocycles. The molecule has 3 saturated heterocycles. The number of unbranched alkanes of at least 4 members (excludes halogenated alkanes) is 3. The quantitative estimate of drug-likeness (QED) is 0.660. The van der Waals surface area contributed by atoms with Crippen LogP contribution in [-0.2, 0) is 14.8 Å². The van der Waals surface area contributed by atoms with Crippen molar-refractivity contribution in [2.24, 2.45) is 0 Å². The summed E-state index contributed by atoms with van der Waals surface area (Å²) in [4.78, 5) is 5.04. The highest BCUT2D eigenvalue weighted by atomic mass is 32.2. The van der Waals surface area contributed by atoms with Gasteiger partial charge in [0.25, 0.3) is 0 Å². The largest absolute Gasteiger partial charge is 0.378 e. The second kappa shape index (κ2) is 6.96. The Labute approximate surface area is 140 Å². The van der Waals surface area contributed by atoms with Crippen LogP contribution in [0.1, 0.15) is 32.6 Å². The van der Waals surface area contributed by atoms with E-state index in [-0.39, 0.29) is 11.6 Å². The number of hydrogen-bond acceptors (Lipinski definition) is 5. The highest BCUT2D eigenvalue weighted by Crippen LogP contribution is 2.36. The van der Waals surface area contributed by atoms with E-state index >= 15 is 0 Å². The monoisotopic (exact) mass is 345 g/mol. The summed E-state index contributed by atoms with van der Waals surface area (Å²) in [5.74, 6) is 0. The first-order valence-corrected chi connectivity index (χ1v) is 10.8. The fraction of sp³-hybridized carbons (Fsp3) is 1.00. The summed E-state index contributed by atoms with van der Waals surface area (Å²) >= 11 is 0.